The van der Waals surface area contributed by atoms with E-state index in [0.717, 1.165) is 6.04 Å². The molecule has 1 nitrogen and oxygen atoms in total. The van der Waals surface area contributed by atoms with Gasteiger partial charge in [-0.3, -0.25) is 4.90 Å². The van der Waals surface area contributed by atoms with Gasteiger partial charge in [0.2, 0.25) is 0 Å². The van der Waals surface area contributed by atoms with E-state index in [1.807, 2.05) is 0 Å². The first-order valence-electron chi connectivity index (χ1n) is 5.94. The van der Waals surface area contributed by atoms with Crippen LogP contribution in [0.3, 0.4) is 0 Å². The molecule has 0 spiro atoms. The van der Waals surface area contributed by atoms with Crippen LogP contribution >= 0.6 is 0 Å². The zero-order valence-electron chi connectivity index (χ0n) is 10.9. The first kappa shape index (κ1) is 12.0. The van der Waals surface area contributed by atoms with Crippen LogP contribution in [0.15, 0.2) is 0 Å². The summed E-state index contributed by atoms with van der Waals surface area (Å²) in [6, 6.07) is 0.793. The van der Waals surface area contributed by atoms with Crippen molar-refractivity contribution >= 4 is 0 Å². The Hall–Kier alpha value is -0.0400. The summed E-state index contributed by atoms with van der Waals surface area (Å²) in [5, 5.41) is 0. The number of likely N-dealkylation sites (tertiary alicyclic amines) is 1. The number of rotatable bonds is 1. The molecule has 1 rings (SSSR count). The molecule has 14 heavy (non-hydrogen) atoms. The van der Waals surface area contributed by atoms with Gasteiger partial charge in [-0.15, -0.1) is 0 Å². The van der Waals surface area contributed by atoms with Crippen molar-refractivity contribution in [2.75, 3.05) is 13.1 Å². The molecule has 1 heteroatoms. The molecule has 0 radical (unpaired) electrons. The minimum Gasteiger partial charge on any atom is -0.299 e. The van der Waals surface area contributed by atoms with Gasteiger partial charge in [0.15, 0.2) is 0 Å². The van der Waals surface area contributed by atoms with E-state index in [0.29, 0.717) is 10.8 Å². The summed E-state index contributed by atoms with van der Waals surface area (Å²) < 4.78 is 0. The zero-order valence-corrected chi connectivity index (χ0v) is 10.9. The zero-order chi connectivity index (χ0) is 11.0. The Balaban J connectivity index is 2.61. The van der Waals surface area contributed by atoms with E-state index in [9.17, 15) is 0 Å². The van der Waals surface area contributed by atoms with E-state index in [1.54, 1.807) is 0 Å². The second-order valence-corrected chi connectivity index (χ2v) is 7.06. The molecule has 1 aliphatic heterocycles. The standard InChI is InChI=1S/C13H27N/c1-12(2,3)10-14-9-7-8-11(14)13(4,5)6/h11H,7-10H2,1-6H3/t11-/m0/s1. The molecule has 0 aromatic carbocycles. The van der Waals surface area contributed by atoms with Crippen LogP contribution in [-0.4, -0.2) is 24.0 Å². The van der Waals surface area contributed by atoms with Crippen LogP contribution in [0.1, 0.15) is 54.4 Å². The van der Waals surface area contributed by atoms with E-state index < -0.39 is 0 Å². The number of nitrogens with zero attached hydrogens (tertiary/aromatic N) is 1. The lowest BCUT2D eigenvalue weighted by Gasteiger charge is -2.38. The quantitative estimate of drug-likeness (QED) is 0.621. The molecule has 0 bridgehead atoms. The lowest BCUT2D eigenvalue weighted by Crippen LogP contribution is -2.43. The minimum atomic E-state index is 0.438. The van der Waals surface area contributed by atoms with E-state index in [-0.39, 0.29) is 0 Å². The first-order chi connectivity index (χ1) is 6.20. The highest BCUT2D eigenvalue weighted by atomic mass is 15.2. The van der Waals surface area contributed by atoms with E-state index in [4.69, 9.17) is 0 Å². The molecule has 1 saturated heterocycles. The minimum absolute atomic E-state index is 0.438. The molecule has 0 amide bonds. The summed E-state index contributed by atoms with van der Waals surface area (Å²) in [5.41, 5.74) is 0.885. The van der Waals surface area contributed by atoms with Crippen molar-refractivity contribution in [1.29, 1.82) is 0 Å². The maximum Gasteiger partial charge on any atom is 0.0144 e. The van der Waals surface area contributed by atoms with Crippen LogP contribution in [0.4, 0.5) is 0 Å². The van der Waals surface area contributed by atoms with Crippen molar-refractivity contribution in [3.05, 3.63) is 0 Å². The average Bonchev–Trinajstić information content (AvgIpc) is 2.29. The SMILES string of the molecule is CC(C)(C)CN1CCC[C@H]1C(C)(C)C. The van der Waals surface area contributed by atoms with Gasteiger partial charge in [-0.05, 0) is 30.2 Å². The van der Waals surface area contributed by atoms with Gasteiger partial charge in [-0.2, -0.15) is 0 Å². The predicted molar refractivity (Wildman–Crippen MR) is 63.5 cm³/mol. The van der Waals surface area contributed by atoms with Gasteiger partial charge >= 0.3 is 0 Å². The van der Waals surface area contributed by atoms with Crippen molar-refractivity contribution in [2.24, 2.45) is 10.8 Å². The molecule has 84 valence electrons. The summed E-state index contributed by atoms with van der Waals surface area (Å²) in [6.07, 6.45) is 2.78. The topological polar surface area (TPSA) is 3.24 Å². The monoisotopic (exact) mass is 197 g/mol. The Bertz CT molecular complexity index is 182. The third kappa shape index (κ3) is 3.27. The molecule has 0 unspecified atom stereocenters. The van der Waals surface area contributed by atoms with Gasteiger partial charge in [0.05, 0.1) is 0 Å². The van der Waals surface area contributed by atoms with Crippen molar-refractivity contribution in [3.8, 4) is 0 Å². The van der Waals surface area contributed by atoms with Gasteiger partial charge in [-0.1, -0.05) is 41.5 Å². The molecule has 0 saturated carbocycles. The Morgan fingerprint density at radius 2 is 1.64 bits per heavy atom. The highest BCUT2D eigenvalue weighted by molar-refractivity contribution is 4.89. The summed E-state index contributed by atoms with van der Waals surface area (Å²) in [5.74, 6) is 0. The highest BCUT2D eigenvalue weighted by Crippen LogP contribution is 2.34. The Labute approximate surface area is 89.9 Å². The molecule has 1 atom stereocenters. The number of hydrogen-bond acceptors (Lipinski definition) is 1. The highest BCUT2D eigenvalue weighted by Gasteiger charge is 2.35. The fourth-order valence-electron chi connectivity index (χ4n) is 2.61. The fraction of sp³-hybridized carbons (Fsp3) is 1.00. The Kier molecular flexibility index (Phi) is 3.30. The van der Waals surface area contributed by atoms with Gasteiger partial charge < -0.3 is 0 Å². The van der Waals surface area contributed by atoms with Crippen LogP contribution in [0, 0.1) is 10.8 Å². The van der Waals surface area contributed by atoms with Gasteiger partial charge in [0, 0.05) is 12.6 Å². The second-order valence-electron chi connectivity index (χ2n) is 7.06. The van der Waals surface area contributed by atoms with E-state index in [1.165, 1.54) is 25.9 Å². The Morgan fingerprint density at radius 1 is 1.07 bits per heavy atom. The number of hydrogen-bond donors (Lipinski definition) is 0. The summed E-state index contributed by atoms with van der Waals surface area (Å²) in [7, 11) is 0. The Morgan fingerprint density at radius 3 is 2.07 bits per heavy atom. The second kappa shape index (κ2) is 3.84. The lowest BCUT2D eigenvalue weighted by atomic mass is 9.84. The molecule has 0 N–H and O–H groups in total. The van der Waals surface area contributed by atoms with Crippen molar-refractivity contribution < 1.29 is 0 Å². The van der Waals surface area contributed by atoms with Gasteiger partial charge in [-0.25, -0.2) is 0 Å². The molecule has 0 aliphatic carbocycles. The summed E-state index contributed by atoms with van der Waals surface area (Å²) in [4.78, 5) is 2.69. The molecular weight excluding hydrogens is 170 g/mol. The maximum absolute atomic E-state index is 2.69. The predicted octanol–water partition coefficient (Wildman–Crippen LogP) is 3.54. The smallest absolute Gasteiger partial charge is 0.0144 e. The van der Waals surface area contributed by atoms with Crippen LogP contribution in [0.25, 0.3) is 0 Å². The third-order valence-corrected chi connectivity index (χ3v) is 3.04. The van der Waals surface area contributed by atoms with Crippen LogP contribution in [-0.2, 0) is 0 Å². The maximum atomic E-state index is 2.69. The van der Waals surface area contributed by atoms with Crippen molar-refractivity contribution in [1.82, 2.24) is 4.90 Å². The van der Waals surface area contributed by atoms with Gasteiger partial charge in [0.25, 0.3) is 0 Å². The summed E-state index contributed by atoms with van der Waals surface area (Å²) in [6.45, 7) is 16.7. The van der Waals surface area contributed by atoms with Crippen LogP contribution in [0.2, 0.25) is 0 Å². The lowest BCUT2D eigenvalue weighted by molar-refractivity contribution is 0.104. The molecule has 0 aromatic rings. The van der Waals surface area contributed by atoms with Gasteiger partial charge in [0.1, 0.15) is 0 Å². The third-order valence-electron chi connectivity index (χ3n) is 3.04. The molecule has 0 aromatic heterocycles. The van der Waals surface area contributed by atoms with E-state index >= 15 is 0 Å². The van der Waals surface area contributed by atoms with Crippen LogP contribution < -0.4 is 0 Å². The fourth-order valence-corrected chi connectivity index (χ4v) is 2.61. The summed E-state index contributed by atoms with van der Waals surface area (Å²) >= 11 is 0. The van der Waals surface area contributed by atoms with Crippen LogP contribution in [0.5, 0.6) is 0 Å². The molecule has 1 fully saturated rings. The van der Waals surface area contributed by atoms with Crippen molar-refractivity contribution in [2.45, 2.75) is 60.4 Å². The molecular formula is C13H27N. The van der Waals surface area contributed by atoms with E-state index in [2.05, 4.69) is 46.4 Å². The average molecular weight is 197 g/mol. The first-order valence-corrected chi connectivity index (χ1v) is 5.94. The molecule has 1 heterocycles. The molecule has 1 aliphatic rings. The largest absolute Gasteiger partial charge is 0.299 e. The van der Waals surface area contributed by atoms with Crippen molar-refractivity contribution in [3.63, 3.8) is 0 Å². The normalized spacial score (nSPS) is 25.7.